The number of halogens is 4. The zero-order chi connectivity index (χ0) is 22.2. The zero-order valence-electron chi connectivity index (χ0n) is 16.1. The van der Waals surface area contributed by atoms with E-state index in [0.29, 0.717) is 14.9 Å². The smallest absolute Gasteiger partial charge is 0.266 e. The number of aliphatic imine (C=N–C) groups is 1. The van der Waals surface area contributed by atoms with E-state index in [1.54, 1.807) is 29.1 Å². The highest BCUT2D eigenvalue weighted by Crippen LogP contribution is 2.35. The molecule has 2 aromatic carbocycles. The molecule has 10 heteroatoms. The molecule has 0 radical (unpaired) electrons. The van der Waals surface area contributed by atoms with Crippen molar-refractivity contribution < 1.29 is 18.0 Å². The molecular formula is C21H15BrF3N3OS2. The van der Waals surface area contributed by atoms with E-state index in [1.165, 1.54) is 29.6 Å². The highest BCUT2D eigenvalue weighted by molar-refractivity contribution is 9.10. The molecule has 4 rings (SSSR count). The Morgan fingerprint density at radius 3 is 2.77 bits per heavy atom. The van der Waals surface area contributed by atoms with Crippen LogP contribution in [0.3, 0.4) is 0 Å². The Labute approximate surface area is 193 Å². The van der Waals surface area contributed by atoms with Crippen molar-refractivity contribution in [3.8, 4) is 0 Å². The molecule has 31 heavy (non-hydrogen) atoms. The van der Waals surface area contributed by atoms with E-state index in [-0.39, 0.29) is 18.0 Å². The standard InChI is InChI=1S/C21H15BrF3N3OS2/c1-2-30-20-27-19(29)18(31-20)8-12-3-6-17-14(7-12)10-26-28(17)11-13-4-5-15(22)9-16(13)21(23,24)25/h3-10H,2,11H2,1H3/b18-8-. The third-order valence-electron chi connectivity index (χ3n) is 4.53. The van der Waals surface area contributed by atoms with Gasteiger partial charge < -0.3 is 0 Å². The van der Waals surface area contributed by atoms with Crippen LogP contribution in [0.2, 0.25) is 0 Å². The summed E-state index contributed by atoms with van der Waals surface area (Å²) in [6.45, 7) is 1.99. The van der Waals surface area contributed by atoms with Crippen LogP contribution in [0.1, 0.15) is 23.6 Å². The Kier molecular flexibility index (Phi) is 6.32. The van der Waals surface area contributed by atoms with Gasteiger partial charge in [0, 0.05) is 9.86 Å². The third kappa shape index (κ3) is 4.91. The number of carbonyl (C=O) groups is 1. The number of amides is 1. The number of aromatic nitrogens is 2. The van der Waals surface area contributed by atoms with Gasteiger partial charge in [-0.1, -0.05) is 58.5 Å². The van der Waals surface area contributed by atoms with Gasteiger partial charge in [0.25, 0.3) is 5.91 Å². The van der Waals surface area contributed by atoms with Gasteiger partial charge in [-0.05, 0) is 47.2 Å². The van der Waals surface area contributed by atoms with Gasteiger partial charge >= 0.3 is 6.18 Å². The summed E-state index contributed by atoms with van der Waals surface area (Å²) in [7, 11) is 0. The van der Waals surface area contributed by atoms with E-state index in [4.69, 9.17) is 0 Å². The number of hydrogen-bond donors (Lipinski definition) is 0. The minimum Gasteiger partial charge on any atom is -0.266 e. The van der Waals surface area contributed by atoms with Gasteiger partial charge in [-0.25, -0.2) is 0 Å². The number of hydrogen-bond acceptors (Lipinski definition) is 4. The Morgan fingerprint density at radius 2 is 2.03 bits per heavy atom. The maximum absolute atomic E-state index is 13.4. The molecule has 0 aliphatic carbocycles. The summed E-state index contributed by atoms with van der Waals surface area (Å²) < 4.78 is 42.9. The summed E-state index contributed by atoms with van der Waals surface area (Å²) >= 11 is 5.97. The molecule has 160 valence electrons. The van der Waals surface area contributed by atoms with Crippen LogP contribution >= 0.6 is 39.5 Å². The monoisotopic (exact) mass is 525 g/mol. The van der Waals surface area contributed by atoms with Gasteiger partial charge in [-0.3, -0.25) is 9.48 Å². The van der Waals surface area contributed by atoms with Crippen LogP contribution in [0.25, 0.3) is 17.0 Å². The first kappa shape index (κ1) is 22.2. The Balaban J connectivity index is 1.61. The van der Waals surface area contributed by atoms with Crippen LogP contribution in [0.4, 0.5) is 13.2 Å². The molecule has 2 heterocycles. The number of benzene rings is 2. The van der Waals surface area contributed by atoms with E-state index in [1.807, 2.05) is 19.1 Å². The molecule has 0 unspecified atom stereocenters. The Bertz CT molecular complexity index is 1230. The van der Waals surface area contributed by atoms with Crippen LogP contribution in [-0.2, 0) is 17.5 Å². The molecule has 0 fully saturated rings. The summed E-state index contributed by atoms with van der Waals surface area (Å²) in [5.74, 6) is 0.582. The van der Waals surface area contributed by atoms with Gasteiger partial charge in [0.2, 0.25) is 0 Å². The quantitative estimate of drug-likeness (QED) is 0.360. The van der Waals surface area contributed by atoms with Gasteiger partial charge in [-0.2, -0.15) is 23.3 Å². The molecule has 0 saturated carbocycles. The fourth-order valence-corrected chi connectivity index (χ4v) is 5.42. The molecule has 1 aliphatic heterocycles. The molecule has 0 spiro atoms. The van der Waals surface area contributed by atoms with Crippen LogP contribution in [-0.4, -0.2) is 25.8 Å². The fourth-order valence-electron chi connectivity index (χ4n) is 3.16. The van der Waals surface area contributed by atoms with E-state index in [9.17, 15) is 18.0 Å². The molecule has 0 bridgehead atoms. The number of nitrogens with zero attached hydrogens (tertiary/aromatic N) is 3. The van der Waals surface area contributed by atoms with Crippen molar-refractivity contribution in [3.63, 3.8) is 0 Å². The summed E-state index contributed by atoms with van der Waals surface area (Å²) in [5, 5.41) is 5.06. The molecule has 1 aromatic heterocycles. The number of rotatable bonds is 4. The minimum atomic E-state index is -4.45. The van der Waals surface area contributed by atoms with Crippen molar-refractivity contribution in [1.82, 2.24) is 9.78 Å². The topological polar surface area (TPSA) is 47.2 Å². The molecule has 4 nitrogen and oxygen atoms in total. The van der Waals surface area contributed by atoms with Gasteiger partial charge in [0.15, 0.2) is 0 Å². The lowest BCUT2D eigenvalue weighted by Crippen LogP contribution is -2.12. The predicted octanol–water partition coefficient (Wildman–Crippen LogP) is 6.59. The average Bonchev–Trinajstić information content (AvgIpc) is 3.25. The van der Waals surface area contributed by atoms with E-state index >= 15 is 0 Å². The highest BCUT2D eigenvalue weighted by Gasteiger charge is 2.33. The summed E-state index contributed by atoms with van der Waals surface area (Å²) in [6.07, 6.45) is -1.07. The first-order chi connectivity index (χ1) is 14.7. The molecule has 0 atom stereocenters. The first-order valence-corrected chi connectivity index (χ1v) is 11.8. The average molecular weight is 526 g/mol. The number of fused-ring (bicyclic) bond motifs is 1. The first-order valence-electron chi connectivity index (χ1n) is 9.21. The normalized spacial score (nSPS) is 15.8. The molecule has 1 aliphatic rings. The van der Waals surface area contributed by atoms with Crippen LogP contribution in [0.15, 0.2) is 57.0 Å². The van der Waals surface area contributed by atoms with Crippen LogP contribution < -0.4 is 0 Å². The van der Waals surface area contributed by atoms with Crippen molar-refractivity contribution in [2.75, 3.05) is 5.75 Å². The second kappa shape index (κ2) is 8.84. The maximum Gasteiger partial charge on any atom is 0.416 e. The number of carbonyl (C=O) groups excluding carboxylic acids is 1. The maximum atomic E-state index is 13.4. The van der Waals surface area contributed by atoms with Gasteiger partial charge in [0.05, 0.1) is 28.7 Å². The Hall–Kier alpha value is -2.04. The molecule has 0 N–H and O–H groups in total. The van der Waals surface area contributed by atoms with E-state index in [0.717, 1.165) is 27.1 Å². The second-order valence-corrected chi connectivity index (χ2v) is 10.1. The fraction of sp³-hybridized carbons (Fsp3) is 0.190. The lowest BCUT2D eigenvalue weighted by Gasteiger charge is -2.14. The SMILES string of the molecule is CCSC1=NC(=O)/C(=C/c2ccc3c(cnn3Cc3ccc(Br)cc3C(F)(F)F)c2)S1. The predicted molar refractivity (Wildman–Crippen MR) is 124 cm³/mol. The van der Waals surface area contributed by atoms with E-state index < -0.39 is 11.7 Å². The molecular weight excluding hydrogens is 511 g/mol. The van der Waals surface area contributed by atoms with E-state index in [2.05, 4.69) is 26.0 Å². The third-order valence-corrected chi connectivity index (χ3v) is 7.03. The van der Waals surface area contributed by atoms with Crippen molar-refractivity contribution >= 4 is 66.7 Å². The summed E-state index contributed by atoms with van der Waals surface area (Å²) in [4.78, 5) is 16.6. The zero-order valence-corrected chi connectivity index (χ0v) is 19.3. The van der Waals surface area contributed by atoms with Gasteiger partial charge in [0.1, 0.15) is 4.38 Å². The van der Waals surface area contributed by atoms with Crippen LogP contribution in [0, 0.1) is 0 Å². The lowest BCUT2D eigenvalue weighted by molar-refractivity contribution is -0.138. The number of thioether (sulfide) groups is 2. The highest BCUT2D eigenvalue weighted by atomic mass is 79.9. The summed E-state index contributed by atoms with van der Waals surface area (Å²) in [5.41, 5.74) is 0.963. The van der Waals surface area contributed by atoms with Crippen molar-refractivity contribution in [3.05, 3.63) is 68.7 Å². The van der Waals surface area contributed by atoms with Crippen LogP contribution in [0.5, 0.6) is 0 Å². The lowest BCUT2D eigenvalue weighted by atomic mass is 10.1. The molecule has 3 aromatic rings. The van der Waals surface area contributed by atoms with Crippen molar-refractivity contribution in [2.45, 2.75) is 19.6 Å². The summed E-state index contributed by atoms with van der Waals surface area (Å²) in [6, 6.07) is 9.59. The minimum absolute atomic E-state index is 0.00810. The molecule has 0 saturated heterocycles. The second-order valence-electron chi connectivity index (χ2n) is 6.65. The molecule has 1 amide bonds. The van der Waals surface area contributed by atoms with Crippen molar-refractivity contribution in [2.24, 2.45) is 4.99 Å². The largest absolute Gasteiger partial charge is 0.416 e. The van der Waals surface area contributed by atoms with Gasteiger partial charge in [-0.15, -0.1) is 0 Å². The Morgan fingerprint density at radius 1 is 1.23 bits per heavy atom. The van der Waals surface area contributed by atoms with Crippen molar-refractivity contribution in [1.29, 1.82) is 0 Å². The number of alkyl halides is 3.